The predicted octanol–water partition coefficient (Wildman–Crippen LogP) is 1.23. The molecule has 0 aliphatic carbocycles. The molecule has 0 heterocycles. The quantitative estimate of drug-likeness (QED) is 0.905. The molecule has 1 rings (SSSR count). The smallest absolute Gasteiger partial charge is 0.406 e. The number of primary amides is 1. The van der Waals surface area contributed by atoms with E-state index in [1.165, 1.54) is 0 Å². The van der Waals surface area contributed by atoms with Crippen LogP contribution in [0.15, 0.2) is 29.2 Å². The van der Waals surface area contributed by atoms with Crippen molar-refractivity contribution in [1.29, 1.82) is 0 Å². The van der Waals surface area contributed by atoms with Crippen molar-refractivity contribution >= 4 is 15.7 Å². The van der Waals surface area contributed by atoms with Crippen molar-refractivity contribution in [3.05, 3.63) is 24.3 Å². The molecule has 19 heavy (non-hydrogen) atoms. The van der Waals surface area contributed by atoms with Crippen molar-refractivity contribution < 1.29 is 31.1 Å². The molecular formula is C10H10F3NO4S. The summed E-state index contributed by atoms with van der Waals surface area (Å²) in [5.41, 5.74) is 4.87. The number of sulfone groups is 1. The van der Waals surface area contributed by atoms with Crippen LogP contribution in [-0.2, 0) is 14.6 Å². The zero-order chi connectivity index (χ0) is 14.8. The van der Waals surface area contributed by atoms with Gasteiger partial charge in [-0.05, 0) is 25.1 Å². The number of amides is 1. The van der Waals surface area contributed by atoms with E-state index in [4.69, 9.17) is 5.73 Å². The molecule has 2 N–H and O–H groups in total. The summed E-state index contributed by atoms with van der Waals surface area (Å²) in [6.45, 7) is 1.05. The monoisotopic (exact) mass is 297 g/mol. The summed E-state index contributed by atoms with van der Waals surface area (Å²) in [6.07, 6.45) is -4.93. The Morgan fingerprint density at radius 2 is 1.95 bits per heavy atom. The maximum atomic E-state index is 12.0. The Balaban J connectivity index is 3.16. The highest BCUT2D eigenvalue weighted by Crippen LogP contribution is 2.26. The second-order valence-electron chi connectivity index (χ2n) is 3.61. The highest BCUT2D eigenvalue weighted by molar-refractivity contribution is 7.92. The van der Waals surface area contributed by atoms with Crippen molar-refractivity contribution in [2.45, 2.75) is 23.4 Å². The number of nitrogens with two attached hydrogens (primary N) is 1. The van der Waals surface area contributed by atoms with E-state index in [-0.39, 0.29) is 0 Å². The molecule has 1 amide bonds. The van der Waals surface area contributed by atoms with Gasteiger partial charge in [-0.3, -0.25) is 4.79 Å². The fourth-order valence-electron chi connectivity index (χ4n) is 1.21. The van der Waals surface area contributed by atoms with Crippen LogP contribution < -0.4 is 10.5 Å². The van der Waals surface area contributed by atoms with E-state index in [0.717, 1.165) is 25.1 Å². The number of alkyl halides is 3. The molecule has 0 aromatic heterocycles. The van der Waals surface area contributed by atoms with Gasteiger partial charge in [-0.25, -0.2) is 8.42 Å². The molecule has 1 aromatic carbocycles. The number of carbonyl (C=O) groups is 1. The lowest BCUT2D eigenvalue weighted by Gasteiger charge is -2.12. The first-order valence-electron chi connectivity index (χ1n) is 4.93. The van der Waals surface area contributed by atoms with E-state index in [2.05, 4.69) is 4.74 Å². The van der Waals surface area contributed by atoms with E-state index in [1.807, 2.05) is 0 Å². The van der Waals surface area contributed by atoms with Crippen LogP contribution >= 0.6 is 0 Å². The average Bonchev–Trinajstić information content (AvgIpc) is 2.25. The van der Waals surface area contributed by atoms with Gasteiger partial charge in [0.2, 0.25) is 5.91 Å². The molecule has 0 spiro atoms. The standard InChI is InChI=1S/C10H10F3NO4S/c1-6(9(14)15)19(16,17)8-4-2-3-7(5-8)18-10(11,12)13/h2-6H,1H3,(H2,14,15). The van der Waals surface area contributed by atoms with Gasteiger partial charge < -0.3 is 10.5 Å². The second kappa shape index (κ2) is 5.08. The molecule has 9 heteroatoms. The van der Waals surface area contributed by atoms with E-state index in [0.29, 0.717) is 6.07 Å². The summed E-state index contributed by atoms with van der Waals surface area (Å²) < 4.78 is 63.3. The average molecular weight is 297 g/mol. The maximum Gasteiger partial charge on any atom is 0.573 e. The first-order valence-corrected chi connectivity index (χ1v) is 6.47. The summed E-state index contributed by atoms with van der Waals surface area (Å²) >= 11 is 0. The first kappa shape index (κ1) is 15.3. The summed E-state index contributed by atoms with van der Waals surface area (Å²) in [5, 5.41) is -1.55. The lowest BCUT2D eigenvalue weighted by molar-refractivity contribution is -0.274. The molecule has 1 unspecified atom stereocenters. The van der Waals surface area contributed by atoms with Crippen molar-refractivity contribution in [2.24, 2.45) is 5.73 Å². The van der Waals surface area contributed by atoms with E-state index >= 15 is 0 Å². The molecule has 0 fully saturated rings. The topological polar surface area (TPSA) is 86.5 Å². The van der Waals surface area contributed by atoms with Crippen LogP contribution in [0.4, 0.5) is 13.2 Å². The van der Waals surface area contributed by atoms with Crippen LogP contribution in [0.5, 0.6) is 5.75 Å². The third kappa shape index (κ3) is 3.85. The fraction of sp³-hybridized carbons (Fsp3) is 0.300. The largest absolute Gasteiger partial charge is 0.573 e. The summed E-state index contributed by atoms with van der Waals surface area (Å²) in [5.74, 6) is -1.78. The number of ether oxygens (including phenoxy) is 1. The molecular weight excluding hydrogens is 287 g/mol. The van der Waals surface area contributed by atoms with Gasteiger partial charge >= 0.3 is 6.36 Å². The molecule has 1 atom stereocenters. The Morgan fingerprint density at radius 1 is 1.37 bits per heavy atom. The lowest BCUT2D eigenvalue weighted by atomic mass is 10.3. The van der Waals surface area contributed by atoms with Crippen LogP contribution in [0.1, 0.15) is 6.92 Å². The number of benzene rings is 1. The van der Waals surface area contributed by atoms with E-state index in [9.17, 15) is 26.4 Å². The molecule has 1 aromatic rings. The zero-order valence-corrected chi connectivity index (χ0v) is 10.5. The highest BCUT2D eigenvalue weighted by atomic mass is 32.2. The predicted molar refractivity (Wildman–Crippen MR) is 59.0 cm³/mol. The third-order valence-electron chi connectivity index (χ3n) is 2.23. The summed E-state index contributed by atoms with van der Waals surface area (Å²) in [6, 6.07) is 3.75. The molecule has 0 aliphatic rings. The van der Waals surface area contributed by atoms with Crippen molar-refractivity contribution in [1.82, 2.24) is 0 Å². The third-order valence-corrected chi connectivity index (χ3v) is 4.31. The number of hydrogen-bond donors (Lipinski definition) is 1. The zero-order valence-electron chi connectivity index (χ0n) is 9.64. The molecule has 0 bridgehead atoms. The summed E-state index contributed by atoms with van der Waals surface area (Å²) in [4.78, 5) is 10.4. The van der Waals surface area contributed by atoms with Gasteiger partial charge in [0, 0.05) is 0 Å². The highest BCUT2D eigenvalue weighted by Gasteiger charge is 2.32. The normalized spacial score (nSPS) is 13.9. The van der Waals surface area contributed by atoms with Gasteiger partial charge in [-0.2, -0.15) is 0 Å². The molecule has 106 valence electrons. The van der Waals surface area contributed by atoms with Crippen LogP contribution in [0, 0.1) is 0 Å². The Morgan fingerprint density at radius 3 is 2.42 bits per heavy atom. The number of hydrogen-bond acceptors (Lipinski definition) is 4. The van der Waals surface area contributed by atoms with E-state index in [1.54, 1.807) is 0 Å². The minimum absolute atomic E-state index is 0.472. The molecule has 0 radical (unpaired) electrons. The Labute approximate surface area is 107 Å². The van der Waals surface area contributed by atoms with Gasteiger partial charge in [-0.1, -0.05) is 6.07 Å². The van der Waals surface area contributed by atoms with Gasteiger partial charge in [0.05, 0.1) is 4.90 Å². The lowest BCUT2D eigenvalue weighted by Crippen LogP contribution is -2.33. The van der Waals surface area contributed by atoms with Crippen molar-refractivity contribution in [3.8, 4) is 5.75 Å². The van der Waals surface area contributed by atoms with Gasteiger partial charge in [-0.15, -0.1) is 13.2 Å². The van der Waals surface area contributed by atoms with Gasteiger partial charge in [0.15, 0.2) is 9.84 Å². The maximum absolute atomic E-state index is 12.0. The Bertz CT molecular complexity index is 583. The van der Waals surface area contributed by atoms with Crippen LogP contribution in [0.3, 0.4) is 0 Å². The molecule has 0 aliphatic heterocycles. The first-order chi connectivity index (χ1) is 8.54. The van der Waals surface area contributed by atoms with Crippen molar-refractivity contribution in [3.63, 3.8) is 0 Å². The second-order valence-corrected chi connectivity index (χ2v) is 5.88. The van der Waals surface area contributed by atoms with Crippen LogP contribution in [-0.4, -0.2) is 25.9 Å². The number of carbonyl (C=O) groups excluding carboxylic acids is 1. The Kier molecular flexibility index (Phi) is 4.09. The number of rotatable bonds is 4. The fourth-order valence-corrected chi connectivity index (χ4v) is 2.47. The SMILES string of the molecule is CC(C(N)=O)S(=O)(=O)c1cccc(OC(F)(F)F)c1. The minimum Gasteiger partial charge on any atom is -0.406 e. The minimum atomic E-state index is -4.93. The molecule has 0 saturated heterocycles. The van der Waals surface area contributed by atoms with E-state index < -0.39 is 38.0 Å². The molecule has 0 saturated carbocycles. The van der Waals surface area contributed by atoms with Gasteiger partial charge in [0.25, 0.3) is 0 Å². The van der Waals surface area contributed by atoms with Gasteiger partial charge in [0.1, 0.15) is 11.0 Å². The number of halogens is 3. The molecule has 5 nitrogen and oxygen atoms in total. The van der Waals surface area contributed by atoms with Crippen LogP contribution in [0.2, 0.25) is 0 Å². The Hall–Kier alpha value is -1.77. The summed E-state index contributed by atoms with van der Waals surface area (Å²) in [7, 11) is -4.14. The van der Waals surface area contributed by atoms with Crippen molar-refractivity contribution in [2.75, 3.05) is 0 Å². The van der Waals surface area contributed by atoms with Crippen LogP contribution in [0.25, 0.3) is 0 Å².